The largest absolute Gasteiger partial charge is 0.497 e. The Morgan fingerprint density at radius 3 is 2.32 bits per heavy atom. The third-order valence-electron chi connectivity index (χ3n) is 3.13. The van der Waals surface area contributed by atoms with Crippen LogP contribution in [0.3, 0.4) is 0 Å². The van der Waals surface area contributed by atoms with Crippen molar-refractivity contribution in [3.05, 3.63) is 53.6 Å². The SMILES string of the molecule is COc1cccc(COC(=O)c2ccc(OC)cc2OC)c1. The minimum atomic E-state index is -0.456. The van der Waals surface area contributed by atoms with Gasteiger partial charge in [-0.15, -0.1) is 0 Å². The van der Waals surface area contributed by atoms with Crippen molar-refractivity contribution in [1.29, 1.82) is 0 Å². The Bertz CT molecular complexity index is 651. The Kier molecular flexibility index (Phi) is 5.25. The predicted molar refractivity (Wildman–Crippen MR) is 81.7 cm³/mol. The molecule has 22 heavy (non-hydrogen) atoms. The average molecular weight is 302 g/mol. The lowest BCUT2D eigenvalue weighted by atomic mass is 10.2. The van der Waals surface area contributed by atoms with Gasteiger partial charge in [0.15, 0.2) is 0 Å². The second-order valence-electron chi connectivity index (χ2n) is 4.49. The molecule has 0 heterocycles. The molecule has 0 aliphatic heterocycles. The normalized spacial score (nSPS) is 9.95. The summed E-state index contributed by atoms with van der Waals surface area (Å²) in [5.41, 5.74) is 1.20. The number of carbonyl (C=O) groups excluding carboxylic acids is 1. The highest BCUT2D eigenvalue weighted by molar-refractivity contribution is 5.92. The van der Waals surface area contributed by atoms with Crippen molar-refractivity contribution in [2.24, 2.45) is 0 Å². The predicted octanol–water partition coefficient (Wildman–Crippen LogP) is 3.07. The smallest absolute Gasteiger partial charge is 0.342 e. The van der Waals surface area contributed by atoms with Crippen molar-refractivity contribution in [3.63, 3.8) is 0 Å². The van der Waals surface area contributed by atoms with Crippen LogP contribution in [0, 0.1) is 0 Å². The molecule has 0 saturated heterocycles. The van der Waals surface area contributed by atoms with E-state index in [0.29, 0.717) is 17.1 Å². The lowest BCUT2D eigenvalue weighted by Crippen LogP contribution is -2.07. The zero-order chi connectivity index (χ0) is 15.9. The first-order valence-electron chi connectivity index (χ1n) is 6.70. The van der Waals surface area contributed by atoms with Gasteiger partial charge in [0.25, 0.3) is 0 Å². The Morgan fingerprint density at radius 2 is 1.64 bits per heavy atom. The van der Waals surface area contributed by atoms with Gasteiger partial charge in [-0.1, -0.05) is 12.1 Å². The zero-order valence-electron chi connectivity index (χ0n) is 12.8. The van der Waals surface area contributed by atoms with Gasteiger partial charge in [-0.3, -0.25) is 0 Å². The fourth-order valence-electron chi connectivity index (χ4n) is 1.96. The maximum absolute atomic E-state index is 12.2. The molecule has 5 nitrogen and oxygen atoms in total. The van der Waals surface area contributed by atoms with Crippen LogP contribution in [0.5, 0.6) is 17.2 Å². The fraction of sp³-hybridized carbons (Fsp3) is 0.235. The first kappa shape index (κ1) is 15.7. The number of esters is 1. The van der Waals surface area contributed by atoms with E-state index >= 15 is 0 Å². The summed E-state index contributed by atoms with van der Waals surface area (Å²) >= 11 is 0. The molecule has 0 spiro atoms. The summed E-state index contributed by atoms with van der Waals surface area (Å²) in [6, 6.07) is 12.3. The van der Waals surface area contributed by atoms with E-state index in [9.17, 15) is 4.79 Å². The van der Waals surface area contributed by atoms with Gasteiger partial charge >= 0.3 is 5.97 Å². The molecular weight excluding hydrogens is 284 g/mol. The number of carbonyl (C=O) groups is 1. The van der Waals surface area contributed by atoms with Crippen LogP contribution >= 0.6 is 0 Å². The molecule has 0 saturated carbocycles. The molecule has 0 aliphatic rings. The highest BCUT2D eigenvalue weighted by Crippen LogP contribution is 2.25. The minimum absolute atomic E-state index is 0.158. The van der Waals surface area contributed by atoms with Crippen LogP contribution in [0.1, 0.15) is 15.9 Å². The second kappa shape index (κ2) is 7.36. The summed E-state index contributed by atoms with van der Waals surface area (Å²) in [6.07, 6.45) is 0. The van der Waals surface area contributed by atoms with E-state index in [-0.39, 0.29) is 6.61 Å². The van der Waals surface area contributed by atoms with Gasteiger partial charge in [-0.25, -0.2) is 4.79 Å². The van der Waals surface area contributed by atoms with E-state index < -0.39 is 5.97 Å². The maximum atomic E-state index is 12.2. The van der Waals surface area contributed by atoms with E-state index in [1.165, 1.54) is 7.11 Å². The van der Waals surface area contributed by atoms with Gasteiger partial charge in [0.05, 0.1) is 21.3 Å². The highest BCUT2D eigenvalue weighted by atomic mass is 16.5. The molecule has 0 aliphatic carbocycles. The molecule has 0 atom stereocenters. The van der Waals surface area contributed by atoms with Crippen LogP contribution in [0.4, 0.5) is 0 Å². The Morgan fingerprint density at radius 1 is 0.909 bits per heavy atom. The van der Waals surface area contributed by atoms with E-state index in [1.807, 2.05) is 24.3 Å². The first-order chi connectivity index (χ1) is 10.7. The molecule has 0 aromatic heterocycles. The number of methoxy groups -OCH3 is 3. The van der Waals surface area contributed by atoms with Gasteiger partial charge in [0.1, 0.15) is 29.4 Å². The number of benzene rings is 2. The summed E-state index contributed by atoms with van der Waals surface area (Å²) in [6.45, 7) is 0.158. The number of hydrogen-bond acceptors (Lipinski definition) is 5. The molecule has 0 radical (unpaired) electrons. The van der Waals surface area contributed by atoms with Crippen molar-refractivity contribution >= 4 is 5.97 Å². The molecule has 0 unspecified atom stereocenters. The molecular formula is C17H18O5. The van der Waals surface area contributed by atoms with Crippen LogP contribution in [0.25, 0.3) is 0 Å². The quantitative estimate of drug-likeness (QED) is 0.768. The van der Waals surface area contributed by atoms with Crippen LogP contribution in [0.2, 0.25) is 0 Å². The first-order valence-corrected chi connectivity index (χ1v) is 6.70. The Hall–Kier alpha value is -2.69. The molecule has 5 heteroatoms. The van der Waals surface area contributed by atoms with Crippen molar-refractivity contribution in [1.82, 2.24) is 0 Å². The van der Waals surface area contributed by atoms with E-state index in [4.69, 9.17) is 18.9 Å². The summed E-state index contributed by atoms with van der Waals surface area (Å²) in [7, 11) is 4.64. The van der Waals surface area contributed by atoms with E-state index in [0.717, 1.165) is 11.3 Å². The van der Waals surface area contributed by atoms with Crippen LogP contribution in [0.15, 0.2) is 42.5 Å². The van der Waals surface area contributed by atoms with Gasteiger partial charge < -0.3 is 18.9 Å². The standard InChI is InChI=1S/C17H18O5/c1-19-13-6-4-5-12(9-13)11-22-17(18)15-8-7-14(20-2)10-16(15)21-3/h4-10H,11H2,1-3H3. The molecule has 2 aromatic rings. The molecule has 0 N–H and O–H groups in total. The second-order valence-corrected chi connectivity index (χ2v) is 4.49. The zero-order valence-corrected chi connectivity index (χ0v) is 12.8. The number of rotatable bonds is 6. The third-order valence-corrected chi connectivity index (χ3v) is 3.13. The third kappa shape index (κ3) is 3.69. The van der Waals surface area contributed by atoms with Gasteiger partial charge in [0.2, 0.25) is 0 Å². The Balaban J connectivity index is 2.08. The van der Waals surface area contributed by atoms with Crippen molar-refractivity contribution < 1.29 is 23.7 Å². The maximum Gasteiger partial charge on any atom is 0.342 e. The van der Waals surface area contributed by atoms with E-state index in [2.05, 4.69) is 0 Å². The van der Waals surface area contributed by atoms with Crippen molar-refractivity contribution in [2.75, 3.05) is 21.3 Å². The lowest BCUT2D eigenvalue weighted by Gasteiger charge is -2.10. The summed E-state index contributed by atoms with van der Waals surface area (Å²) in [5, 5.41) is 0. The van der Waals surface area contributed by atoms with Gasteiger partial charge in [-0.05, 0) is 29.8 Å². The summed E-state index contributed by atoms with van der Waals surface area (Å²) < 4.78 is 20.7. The molecule has 0 bridgehead atoms. The molecule has 0 fully saturated rings. The average Bonchev–Trinajstić information content (AvgIpc) is 2.59. The van der Waals surface area contributed by atoms with Crippen LogP contribution < -0.4 is 14.2 Å². The molecule has 2 rings (SSSR count). The van der Waals surface area contributed by atoms with Gasteiger partial charge in [0, 0.05) is 6.07 Å². The Labute approximate surface area is 129 Å². The fourth-order valence-corrected chi connectivity index (χ4v) is 1.96. The number of hydrogen-bond donors (Lipinski definition) is 0. The number of ether oxygens (including phenoxy) is 4. The summed E-state index contributed by atoms with van der Waals surface area (Å²) in [5.74, 6) is 1.29. The molecule has 0 amide bonds. The topological polar surface area (TPSA) is 54.0 Å². The van der Waals surface area contributed by atoms with Gasteiger partial charge in [-0.2, -0.15) is 0 Å². The monoisotopic (exact) mass is 302 g/mol. The van der Waals surface area contributed by atoms with Crippen molar-refractivity contribution in [2.45, 2.75) is 6.61 Å². The van der Waals surface area contributed by atoms with Crippen LogP contribution in [-0.2, 0) is 11.3 Å². The van der Waals surface area contributed by atoms with Crippen LogP contribution in [-0.4, -0.2) is 27.3 Å². The van der Waals surface area contributed by atoms with Crippen molar-refractivity contribution in [3.8, 4) is 17.2 Å². The molecule has 2 aromatic carbocycles. The van der Waals surface area contributed by atoms with E-state index in [1.54, 1.807) is 32.4 Å². The molecule has 116 valence electrons. The lowest BCUT2D eigenvalue weighted by molar-refractivity contribution is 0.0468. The highest BCUT2D eigenvalue weighted by Gasteiger charge is 2.15. The summed E-state index contributed by atoms with van der Waals surface area (Å²) in [4.78, 5) is 12.2. The minimum Gasteiger partial charge on any atom is -0.497 e.